The van der Waals surface area contributed by atoms with Crippen molar-refractivity contribution in [1.29, 1.82) is 0 Å². The maximum atomic E-state index is 10.5. The van der Waals surface area contributed by atoms with Gasteiger partial charge < -0.3 is 5.11 Å². The van der Waals surface area contributed by atoms with Crippen LogP contribution in [-0.4, -0.2) is 21.8 Å². The summed E-state index contributed by atoms with van der Waals surface area (Å²) in [6, 6.07) is 3.23. The first-order valence-corrected chi connectivity index (χ1v) is 4.65. The third kappa shape index (κ3) is 2.91. The van der Waals surface area contributed by atoms with Crippen molar-refractivity contribution in [2.75, 3.05) is 5.75 Å². The molecule has 0 aliphatic carbocycles. The number of pyridine rings is 1. The fourth-order valence-corrected chi connectivity index (χ4v) is 1.32. The monoisotopic (exact) mass is 195 g/mol. The molecule has 0 radical (unpaired) electrons. The van der Waals surface area contributed by atoms with Gasteiger partial charge in [-0.25, -0.2) is 9.78 Å². The van der Waals surface area contributed by atoms with Crippen LogP contribution in [0.1, 0.15) is 10.4 Å². The molecule has 0 saturated carbocycles. The van der Waals surface area contributed by atoms with Crippen molar-refractivity contribution in [1.82, 2.24) is 4.98 Å². The highest BCUT2D eigenvalue weighted by atomic mass is 32.2. The molecule has 13 heavy (non-hydrogen) atoms. The van der Waals surface area contributed by atoms with E-state index in [1.165, 1.54) is 18.0 Å². The number of carbonyl (C=O) groups is 1. The number of carboxylic acid groups (broad SMARTS) is 1. The molecule has 4 heteroatoms. The van der Waals surface area contributed by atoms with Crippen molar-refractivity contribution >= 4 is 17.7 Å². The van der Waals surface area contributed by atoms with Gasteiger partial charge in [0.15, 0.2) is 0 Å². The molecule has 1 aromatic heterocycles. The lowest BCUT2D eigenvalue weighted by atomic mass is 10.3. The SMILES string of the molecule is C=CCSc1ccc(C(=O)O)cn1. The lowest BCUT2D eigenvalue weighted by molar-refractivity contribution is 0.0696. The largest absolute Gasteiger partial charge is 0.478 e. The maximum Gasteiger partial charge on any atom is 0.337 e. The van der Waals surface area contributed by atoms with Crippen LogP contribution in [0.5, 0.6) is 0 Å². The Hall–Kier alpha value is -1.29. The molecule has 0 aliphatic heterocycles. The minimum Gasteiger partial charge on any atom is -0.478 e. The molecule has 0 fully saturated rings. The van der Waals surface area contributed by atoms with E-state index in [1.807, 2.05) is 0 Å². The van der Waals surface area contributed by atoms with E-state index in [-0.39, 0.29) is 5.56 Å². The molecular weight excluding hydrogens is 186 g/mol. The third-order valence-electron chi connectivity index (χ3n) is 1.33. The Bertz CT molecular complexity index is 308. The predicted molar refractivity (Wildman–Crippen MR) is 52.1 cm³/mol. The van der Waals surface area contributed by atoms with Gasteiger partial charge in [0.1, 0.15) is 0 Å². The standard InChI is InChI=1S/C9H9NO2S/c1-2-5-13-8-4-3-7(6-10-8)9(11)12/h2-4,6H,1,5H2,(H,11,12). The first kappa shape index (κ1) is 9.80. The number of carboxylic acids is 1. The fraction of sp³-hybridized carbons (Fsp3) is 0.111. The Balaban J connectivity index is 2.69. The van der Waals surface area contributed by atoms with Gasteiger partial charge in [-0.2, -0.15) is 0 Å². The van der Waals surface area contributed by atoms with Crippen LogP contribution in [-0.2, 0) is 0 Å². The van der Waals surface area contributed by atoms with E-state index in [1.54, 1.807) is 18.2 Å². The minimum atomic E-state index is -0.951. The van der Waals surface area contributed by atoms with Crippen molar-refractivity contribution in [2.45, 2.75) is 5.03 Å². The van der Waals surface area contributed by atoms with Crippen molar-refractivity contribution in [3.05, 3.63) is 36.5 Å². The molecule has 1 aromatic rings. The van der Waals surface area contributed by atoms with E-state index >= 15 is 0 Å². The normalized spacial score (nSPS) is 9.54. The Morgan fingerprint density at radius 3 is 2.92 bits per heavy atom. The second-order valence-electron chi connectivity index (χ2n) is 2.29. The molecule has 0 bridgehead atoms. The number of thioether (sulfide) groups is 1. The van der Waals surface area contributed by atoms with E-state index in [4.69, 9.17) is 5.11 Å². The van der Waals surface area contributed by atoms with Crippen molar-refractivity contribution in [3.63, 3.8) is 0 Å². The van der Waals surface area contributed by atoms with E-state index in [9.17, 15) is 4.79 Å². The van der Waals surface area contributed by atoms with Crippen LogP contribution < -0.4 is 0 Å². The summed E-state index contributed by atoms with van der Waals surface area (Å²) in [5.74, 6) is -0.174. The highest BCUT2D eigenvalue weighted by Gasteiger charge is 2.02. The van der Waals surface area contributed by atoms with Crippen LogP contribution in [0.3, 0.4) is 0 Å². The Morgan fingerprint density at radius 2 is 2.46 bits per heavy atom. The van der Waals surface area contributed by atoms with Crippen LogP contribution in [0.4, 0.5) is 0 Å². The van der Waals surface area contributed by atoms with Crippen molar-refractivity contribution in [2.24, 2.45) is 0 Å². The van der Waals surface area contributed by atoms with E-state index in [2.05, 4.69) is 11.6 Å². The molecule has 0 unspecified atom stereocenters. The topological polar surface area (TPSA) is 50.2 Å². The number of aromatic nitrogens is 1. The van der Waals surface area contributed by atoms with Crippen LogP contribution >= 0.6 is 11.8 Å². The van der Waals surface area contributed by atoms with Gasteiger partial charge in [-0.3, -0.25) is 0 Å². The smallest absolute Gasteiger partial charge is 0.337 e. The van der Waals surface area contributed by atoms with Crippen LogP contribution in [0.25, 0.3) is 0 Å². The maximum absolute atomic E-state index is 10.5. The van der Waals surface area contributed by atoms with Crippen molar-refractivity contribution in [3.8, 4) is 0 Å². The molecule has 1 N–H and O–H groups in total. The van der Waals surface area contributed by atoms with Gasteiger partial charge in [0.2, 0.25) is 0 Å². The Labute approximate surface area is 80.5 Å². The van der Waals surface area contributed by atoms with Gasteiger partial charge in [-0.15, -0.1) is 18.3 Å². The molecule has 1 rings (SSSR count). The number of hydrogen-bond acceptors (Lipinski definition) is 3. The van der Waals surface area contributed by atoms with E-state index in [0.29, 0.717) is 0 Å². The summed E-state index contributed by atoms with van der Waals surface area (Å²) in [6.45, 7) is 3.58. The molecule has 0 aromatic carbocycles. The molecular formula is C9H9NO2S. The van der Waals surface area contributed by atoms with Crippen LogP contribution in [0.15, 0.2) is 36.0 Å². The second kappa shape index (κ2) is 4.67. The van der Waals surface area contributed by atoms with Gasteiger partial charge >= 0.3 is 5.97 Å². The molecule has 68 valence electrons. The zero-order chi connectivity index (χ0) is 9.68. The van der Waals surface area contributed by atoms with Crippen LogP contribution in [0, 0.1) is 0 Å². The van der Waals surface area contributed by atoms with E-state index in [0.717, 1.165) is 10.8 Å². The quantitative estimate of drug-likeness (QED) is 0.590. The highest BCUT2D eigenvalue weighted by Crippen LogP contribution is 2.14. The molecule has 0 spiro atoms. The number of hydrogen-bond donors (Lipinski definition) is 1. The number of aromatic carboxylic acids is 1. The van der Waals surface area contributed by atoms with E-state index < -0.39 is 5.97 Å². The first-order valence-electron chi connectivity index (χ1n) is 3.67. The summed E-state index contributed by atoms with van der Waals surface area (Å²) in [4.78, 5) is 14.4. The minimum absolute atomic E-state index is 0.211. The molecule has 0 amide bonds. The number of rotatable bonds is 4. The van der Waals surface area contributed by atoms with Gasteiger partial charge in [-0.1, -0.05) is 6.08 Å². The Morgan fingerprint density at radius 1 is 1.69 bits per heavy atom. The van der Waals surface area contributed by atoms with Gasteiger partial charge in [0.05, 0.1) is 10.6 Å². The summed E-state index contributed by atoms with van der Waals surface area (Å²) < 4.78 is 0. The van der Waals surface area contributed by atoms with Gasteiger partial charge in [0, 0.05) is 11.9 Å². The lowest BCUT2D eigenvalue weighted by Crippen LogP contribution is -1.96. The molecule has 1 heterocycles. The summed E-state index contributed by atoms with van der Waals surface area (Å²) in [7, 11) is 0. The predicted octanol–water partition coefficient (Wildman–Crippen LogP) is 2.06. The molecule has 3 nitrogen and oxygen atoms in total. The summed E-state index contributed by atoms with van der Waals surface area (Å²) >= 11 is 1.52. The fourth-order valence-electron chi connectivity index (χ4n) is 0.736. The zero-order valence-corrected chi connectivity index (χ0v) is 7.75. The third-order valence-corrected chi connectivity index (χ3v) is 2.27. The molecule has 0 saturated heterocycles. The number of nitrogens with zero attached hydrogens (tertiary/aromatic N) is 1. The summed E-state index contributed by atoms with van der Waals surface area (Å²) in [6.07, 6.45) is 3.13. The summed E-state index contributed by atoms with van der Waals surface area (Å²) in [5, 5.41) is 9.40. The van der Waals surface area contributed by atoms with Crippen molar-refractivity contribution < 1.29 is 9.90 Å². The average Bonchev–Trinajstić information content (AvgIpc) is 2.15. The van der Waals surface area contributed by atoms with Gasteiger partial charge in [-0.05, 0) is 12.1 Å². The lowest BCUT2D eigenvalue weighted by Gasteiger charge is -1.97. The second-order valence-corrected chi connectivity index (χ2v) is 3.33. The zero-order valence-electron chi connectivity index (χ0n) is 6.93. The molecule has 0 aliphatic rings. The van der Waals surface area contributed by atoms with Crippen LogP contribution in [0.2, 0.25) is 0 Å². The highest BCUT2D eigenvalue weighted by molar-refractivity contribution is 7.99. The first-order chi connectivity index (χ1) is 6.24. The molecule has 0 atom stereocenters. The average molecular weight is 195 g/mol. The Kier molecular flexibility index (Phi) is 3.52. The summed E-state index contributed by atoms with van der Waals surface area (Å²) in [5.41, 5.74) is 0.211. The van der Waals surface area contributed by atoms with Gasteiger partial charge in [0.25, 0.3) is 0 Å².